The van der Waals surface area contributed by atoms with Crippen LogP contribution in [0.15, 0.2) is 53.3 Å². The summed E-state index contributed by atoms with van der Waals surface area (Å²) in [7, 11) is 0. The van der Waals surface area contributed by atoms with Crippen LogP contribution in [-0.2, 0) is 11.3 Å². The van der Waals surface area contributed by atoms with Crippen LogP contribution in [0.5, 0.6) is 0 Å². The molecular formula is C18H15N3O2. The molecule has 5 heteroatoms. The maximum atomic E-state index is 12.9. The number of carbonyl (C=O) groups excluding carboxylic acids is 1. The van der Waals surface area contributed by atoms with Gasteiger partial charge < -0.3 is 9.88 Å². The first-order chi connectivity index (χ1) is 11.2. The number of para-hydroxylation sites is 3. The van der Waals surface area contributed by atoms with Crippen LogP contribution in [0.25, 0.3) is 11.0 Å². The SMILES string of the molecule is CCn1c(=O)c([C@@H]2C(=O)Nc3ccccc32)nc2ccccc21. The largest absolute Gasteiger partial charge is 0.325 e. The number of carbonyl (C=O) groups is 1. The molecule has 23 heavy (non-hydrogen) atoms. The first-order valence-corrected chi connectivity index (χ1v) is 7.60. The number of aromatic nitrogens is 2. The zero-order chi connectivity index (χ0) is 16.0. The molecule has 2 aromatic carbocycles. The molecule has 0 unspecified atom stereocenters. The van der Waals surface area contributed by atoms with Crippen molar-refractivity contribution in [3.63, 3.8) is 0 Å². The van der Waals surface area contributed by atoms with Gasteiger partial charge in [0.05, 0.1) is 11.0 Å². The fraction of sp³-hybridized carbons (Fsp3) is 0.167. The van der Waals surface area contributed by atoms with Gasteiger partial charge in [0, 0.05) is 12.2 Å². The van der Waals surface area contributed by atoms with Crippen LogP contribution in [0.4, 0.5) is 5.69 Å². The topological polar surface area (TPSA) is 64.0 Å². The van der Waals surface area contributed by atoms with Gasteiger partial charge in [0.15, 0.2) is 0 Å². The van der Waals surface area contributed by atoms with Gasteiger partial charge in [-0.3, -0.25) is 9.59 Å². The van der Waals surface area contributed by atoms with Gasteiger partial charge in [0.1, 0.15) is 11.6 Å². The molecule has 0 radical (unpaired) electrons. The normalized spacial score (nSPS) is 16.4. The van der Waals surface area contributed by atoms with Crippen molar-refractivity contribution in [1.29, 1.82) is 0 Å². The van der Waals surface area contributed by atoms with Crippen LogP contribution >= 0.6 is 0 Å². The Hall–Kier alpha value is -2.95. The quantitative estimate of drug-likeness (QED) is 0.791. The summed E-state index contributed by atoms with van der Waals surface area (Å²) in [5.74, 6) is -0.852. The van der Waals surface area contributed by atoms with Gasteiger partial charge >= 0.3 is 0 Å². The molecule has 1 aromatic heterocycles. The lowest BCUT2D eigenvalue weighted by molar-refractivity contribution is -0.116. The highest BCUT2D eigenvalue weighted by Gasteiger charge is 2.35. The molecule has 0 aliphatic carbocycles. The zero-order valence-corrected chi connectivity index (χ0v) is 12.6. The molecule has 114 valence electrons. The molecule has 5 nitrogen and oxygen atoms in total. The minimum atomic E-state index is -0.652. The Kier molecular flexibility index (Phi) is 3.01. The van der Waals surface area contributed by atoms with E-state index in [9.17, 15) is 9.59 Å². The number of rotatable bonds is 2. The second kappa shape index (κ2) is 5.05. The van der Waals surface area contributed by atoms with Gasteiger partial charge in [0.2, 0.25) is 5.91 Å². The summed E-state index contributed by atoms with van der Waals surface area (Å²) in [5.41, 5.74) is 3.15. The molecule has 2 heterocycles. The van der Waals surface area contributed by atoms with E-state index in [1.54, 1.807) is 4.57 Å². The molecule has 1 aliphatic heterocycles. The summed E-state index contributed by atoms with van der Waals surface area (Å²) >= 11 is 0. The molecular weight excluding hydrogens is 290 g/mol. The van der Waals surface area contributed by atoms with Crippen LogP contribution in [-0.4, -0.2) is 15.5 Å². The third-order valence-corrected chi connectivity index (χ3v) is 4.26. The van der Waals surface area contributed by atoms with E-state index in [1.807, 2.05) is 55.5 Å². The van der Waals surface area contributed by atoms with Crippen LogP contribution in [0.2, 0.25) is 0 Å². The molecule has 4 rings (SSSR count). The van der Waals surface area contributed by atoms with Crippen molar-refractivity contribution in [2.24, 2.45) is 0 Å². The van der Waals surface area contributed by atoms with Gasteiger partial charge in [-0.2, -0.15) is 0 Å². The van der Waals surface area contributed by atoms with Crippen LogP contribution in [0.3, 0.4) is 0 Å². The second-order valence-electron chi connectivity index (χ2n) is 5.54. The van der Waals surface area contributed by atoms with E-state index in [0.29, 0.717) is 6.54 Å². The number of hydrogen-bond acceptors (Lipinski definition) is 3. The number of fused-ring (bicyclic) bond motifs is 2. The number of benzene rings is 2. The Morgan fingerprint density at radius 2 is 1.83 bits per heavy atom. The first-order valence-electron chi connectivity index (χ1n) is 7.60. The number of nitrogens with one attached hydrogen (secondary N) is 1. The minimum absolute atomic E-state index is 0.200. The summed E-state index contributed by atoms with van der Waals surface area (Å²) in [5, 5.41) is 2.83. The summed E-state index contributed by atoms with van der Waals surface area (Å²) in [6.07, 6.45) is 0. The second-order valence-corrected chi connectivity index (χ2v) is 5.54. The lowest BCUT2D eigenvalue weighted by Gasteiger charge is -2.13. The molecule has 1 aliphatic rings. The maximum absolute atomic E-state index is 12.9. The van der Waals surface area contributed by atoms with E-state index < -0.39 is 5.92 Å². The third kappa shape index (κ3) is 1.97. The number of anilines is 1. The number of nitrogens with zero attached hydrogens (tertiary/aromatic N) is 2. The molecule has 0 saturated heterocycles. The fourth-order valence-corrected chi connectivity index (χ4v) is 3.19. The fourth-order valence-electron chi connectivity index (χ4n) is 3.19. The number of hydrogen-bond donors (Lipinski definition) is 1. The Morgan fingerprint density at radius 3 is 2.65 bits per heavy atom. The van der Waals surface area contributed by atoms with Gasteiger partial charge in [-0.05, 0) is 30.7 Å². The van der Waals surface area contributed by atoms with E-state index in [2.05, 4.69) is 10.3 Å². The van der Waals surface area contributed by atoms with E-state index in [0.717, 1.165) is 22.3 Å². The summed E-state index contributed by atoms with van der Waals surface area (Å²) < 4.78 is 1.67. The van der Waals surface area contributed by atoms with Crippen molar-refractivity contribution < 1.29 is 4.79 Å². The lowest BCUT2D eigenvalue weighted by Crippen LogP contribution is -2.29. The Balaban J connectivity index is 2.02. The Bertz CT molecular complexity index is 991. The molecule has 0 bridgehead atoms. The summed E-state index contributed by atoms with van der Waals surface area (Å²) in [6, 6.07) is 14.9. The lowest BCUT2D eigenvalue weighted by atomic mass is 9.97. The highest BCUT2D eigenvalue weighted by molar-refractivity contribution is 6.04. The van der Waals surface area contributed by atoms with Crippen molar-refractivity contribution in [3.05, 3.63) is 70.1 Å². The summed E-state index contributed by atoms with van der Waals surface area (Å²) in [4.78, 5) is 29.8. The van der Waals surface area contributed by atoms with Crippen LogP contribution < -0.4 is 10.9 Å². The van der Waals surface area contributed by atoms with Gasteiger partial charge in [0.25, 0.3) is 5.56 Å². The van der Waals surface area contributed by atoms with E-state index in [-0.39, 0.29) is 17.2 Å². The van der Waals surface area contributed by atoms with E-state index >= 15 is 0 Å². The average molecular weight is 305 g/mol. The Labute approximate surface area is 132 Å². The third-order valence-electron chi connectivity index (χ3n) is 4.26. The van der Waals surface area contributed by atoms with Gasteiger partial charge in [-0.15, -0.1) is 0 Å². The monoisotopic (exact) mass is 305 g/mol. The van der Waals surface area contributed by atoms with E-state index in [1.165, 1.54) is 0 Å². The van der Waals surface area contributed by atoms with Crippen molar-refractivity contribution in [2.45, 2.75) is 19.4 Å². The van der Waals surface area contributed by atoms with Gasteiger partial charge in [-0.25, -0.2) is 4.98 Å². The first kappa shape index (κ1) is 13.7. The molecule has 0 saturated carbocycles. The smallest absolute Gasteiger partial charge is 0.273 e. The molecule has 0 spiro atoms. The van der Waals surface area contributed by atoms with Gasteiger partial charge in [-0.1, -0.05) is 30.3 Å². The molecule has 1 amide bonds. The zero-order valence-electron chi connectivity index (χ0n) is 12.6. The average Bonchev–Trinajstić information content (AvgIpc) is 2.90. The number of amides is 1. The highest BCUT2D eigenvalue weighted by Crippen LogP contribution is 2.35. The minimum Gasteiger partial charge on any atom is -0.325 e. The van der Waals surface area contributed by atoms with Crippen molar-refractivity contribution in [3.8, 4) is 0 Å². The van der Waals surface area contributed by atoms with Crippen molar-refractivity contribution >= 4 is 22.6 Å². The van der Waals surface area contributed by atoms with Crippen molar-refractivity contribution in [1.82, 2.24) is 9.55 Å². The Morgan fingerprint density at radius 1 is 1.09 bits per heavy atom. The summed E-state index contributed by atoms with van der Waals surface area (Å²) in [6.45, 7) is 2.45. The standard InChI is InChI=1S/C18H15N3O2/c1-2-21-14-10-6-5-9-13(14)19-16(18(21)23)15-11-7-3-4-8-12(11)20-17(15)22/h3-10,15H,2H2,1H3,(H,20,22)/t15-/m1/s1. The van der Waals surface area contributed by atoms with E-state index in [4.69, 9.17) is 0 Å². The molecule has 1 N–H and O–H groups in total. The number of aryl methyl sites for hydroxylation is 1. The van der Waals surface area contributed by atoms with Crippen LogP contribution in [0.1, 0.15) is 24.1 Å². The molecule has 1 atom stereocenters. The predicted octanol–water partition coefficient (Wildman–Crippen LogP) is 2.50. The van der Waals surface area contributed by atoms with Crippen molar-refractivity contribution in [2.75, 3.05) is 5.32 Å². The molecule has 0 fully saturated rings. The predicted molar refractivity (Wildman–Crippen MR) is 88.6 cm³/mol. The highest BCUT2D eigenvalue weighted by atomic mass is 16.2. The molecule has 3 aromatic rings. The maximum Gasteiger partial charge on any atom is 0.273 e. The van der Waals surface area contributed by atoms with Crippen LogP contribution in [0, 0.1) is 0 Å².